The molecular weight excluding hydrogens is 537 g/mol. The third-order valence-electron chi connectivity index (χ3n) is 5.38. The van der Waals surface area contributed by atoms with E-state index in [0.29, 0.717) is 32.7 Å². The van der Waals surface area contributed by atoms with Crippen molar-refractivity contribution >= 4 is 51.2 Å². The molecule has 11 heteroatoms. The summed E-state index contributed by atoms with van der Waals surface area (Å²) in [7, 11) is 1.45. The van der Waals surface area contributed by atoms with Crippen molar-refractivity contribution in [2.75, 3.05) is 12.0 Å². The highest BCUT2D eigenvalue weighted by molar-refractivity contribution is 9.10. The van der Waals surface area contributed by atoms with Crippen LogP contribution in [0.3, 0.4) is 0 Å². The number of nitro benzene ring substituents is 1. The minimum atomic E-state index is -1.02. The number of nitro groups is 1. The lowest BCUT2D eigenvalue weighted by Crippen LogP contribution is -2.54. The number of rotatable bonds is 6. The Morgan fingerprint density at radius 3 is 2.56 bits per heavy atom. The molecule has 182 valence electrons. The molecule has 1 heterocycles. The summed E-state index contributed by atoms with van der Waals surface area (Å²) in [6.45, 7) is 0. The molecule has 1 saturated heterocycles. The van der Waals surface area contributed by atoms with Gasteiger partial charge in [0.1, 0.15) is 17.1 Å². The Morgan fingerprint density at radius 1 is 1.11 bits per heavy atom. The summed E-state index contributed by atoms with van der Waals surface area (Å²) in [5.74, 6) is -1.79. The van der Waals surface area contributed by atoms with Crippen LogP contribution in [0.4, 0.5) is 20.6 Å². The van der Waals surface area contributed by atoms with E-state index in [2.05, 4.69) is 21.2 Å². The number of imide groups is 2. The molecule has 4 amide bonds. The van der Waals surface area contributed by atoms with E-state index in [0.717, 1.165) is 11.6 Å². The summed E-state index contributed by atoms with van der Waals surface area (Å²) < 4.78 is 19.7. The van der Waals surface area contributed by atoms with Gasteiger partial charge in [-0.2, -0.15) is 0 Å². The molecule has 0 unspecified atom stereocenters. The molecule has 0 radical (unpaired) electrons. The predicted molar refractivity (Wildman–Crippen MR) is 132 cm³/mol. The highest BCUT2D eigenvalue weighted by Crippen LogP contribution is 2.33. The van der Waals surface area contributed by atoms with Crippen LogP contribution >= 0.6 is 15.9 Å². The molecule has 0 aromatic heterocycles. The number of nitrogens with one attached hydrogen (secondary N) is 1. The van der Waals surface area contributed by atoms with Gasteiger partial charge in [-0.15, -0.1) is 0 Å². The molecule has 0 spiro atoms. The number of carbonyl (C=O) groups excluding carboxylic acids is 3. The third-order valence-corrected chi connectivity index (χ3v) is 6.09. The van der Waals surface area contributed by atoms with Crippen molar-refractivity contribution in [3.8, 4) is 5.75 Å². The first-order valence-corrected chi connectivity index (χ1v) is 11.2. The largest absolute Gasteiger partial charge is 0.496 e. The van der Waals surface area contributed by atoms with Crippen LogP contribution in [0.2, 0.25) is 0 Å². The van der Waals surface area contributed by atoms with Crippen LogP contribution in [-0.2, 0) is 16.0 Å². The van der Waals surface area contributed by atoms with Crippen LogP contribution in [-0.4, -0.2) is 29.9 Å². The van der Waals surface area contributed by atoms with E-state index in [4.69, 9.17) is 4.74 Å². The molecule has 3 aromatic rings. The fourth-order valence-corrected chi connectivity index (χ4v) is 4.32. The Labute approximate surface area is 212 Å². The molecule has 0 aliphatic carbocycles. The number of halogens is 2. The van der Waals surface area contributed by atoms with Crippen molar-refractivity contribution < 1.29 is 28.4 Å². The highest BCUT2D eigenvalue weighted by Gasteiger charge is 2.37. The van der Waals surface area contributed by atoms with E-state index < -0.39 is 22.8 Å². The number of urea groups is 1. The molecule has 0 bridgehead atoms. The smallest absolute Gasteiger partial charge is 0.335 e. The van der Waals surface area contributed by atoms with E-state index in [9.17, 15) is 28.9 Å². The maximum absolute atomic E-state index is 13.6. The molecular formula is C25H17BrFN3O6. The number of anilines is 1. The number of amides is 4. The van der Waals surface area contributed by atoms with Gasteiger partial charge in [-0.25, -0.2) is 14.1 Å². The average Bonchev–Trinajstić information content (AvgIpc) is 2.83. The van der Waals surface area contributed by atoms with Gasteiger partial charge in [0.25, 0.3) is 17.5 Å². The number of non-ortho nitro benzene ring substituents is 1. The molecule has 0 atom stereocenters. The molecule has 4 rings (SSSR count). The number of benzene rings is 3. The maximum atomic E-state index is 13.6. The Kier molecular flexibility index (Phi) is 6.93. The standard InChI is InChI=1S/C25H17BrFN3O6/c1-36-22-12-15(11-21(26)19(22)9-14-4-2-5-16(27)8-14)10-20-23(31)28-25(33)29(24(20)32)17-6-3-7-18(13-17)30(34)35/h2-8,10-13H,9H2,1H3,(H,28,31,33)/b20-10+. The van der Waals surface area contributed by atoms with E-state index in [1.807, 2.05) is 0 Å². The predicted octanol–water partition coefficient (Wildman–Crippen LogP) is 4.76. The molecule has 1 fully saturated rings. The van der Waals surface area contributed by atoms with Crippen LogP contribution in [0.1, 0.15) is 16.7 Å². The summed E-state index contributed by atoms with van der Waals surface area (Å²) in [5.41, 5.74) is 1.11. The Hall–Kier alpha value is -4.38. The second-order valence-corrected chi connectivity index (χ2v) is 8.58. The van der Waals surface area contributed by atoms with Crippen LogP contribution in [0.25, 0.3) is 6.08 Å². The van der Waals surface area contributed by atoms with Crippen molar-refractivity contribution in [1.29, 1.82) is 0 Å². The van der Waals surface area contributed by atoms with Gasteiger partial charge in [-0.3, -0.25) is 25.0 Å². The fourth-order valence-electron chi connectivity index (χ4n) is 3.72. The second kappa shape index (κ2) is 10.1. The van der Waals surface area contributed by atoms with Crippen molar-refractivity contribution in [2.45, 2.75) is 6.42 Å². The molecule has 1 N–H and O–H groups in total. The van der Waals surface area contributed by atoms with Gasteiger partial charge in [-0.05, 0) is 47.5 Å². The van der Waals surface area contributed by atoms with Gasteiger partial charge in [0.15, 0.2) is 0 Å². The van der Waals surface area contributed by atoms with Gasteiger partial charge < -0.3 is 4.74 Å². The number of ether oxygens (including phenoxy) is 1. The fraction of sp³-hybridized carbons (Fsp3) is 0.0800. The zero-order valence-corrected chi connectivity index (χ0v) is 20.2. The number of nitrogens with zero attached hydrogens (tertiary/aromatic N) is 2. The lowest BCUT2D eigenvalue weighted by molar-refractivity contribution is -0.384. The normalized spacial score (nSPS) is 14.7. The number of hydrogen-bond acceptors (Lipinski definition) is 6. The SMILES string of the molecule is COc1cc(/C=C2\C(=O)NC(=O)N(c3cccc([N+](=O)[O-])c3)C2=O)cc(Br)c1Cc1cccc(F)c1. The highest BCUT2D eigenvalue weighted by atomic mass is 79.9. The first-order valence-electron chi connectivity index (χ1n) is 10.4. The summed E-state index contributed by atoms with van der Waals surface area (Å²) >= 11 is 3.47. The first-order chi connectivity index (χ1) is 17.2. The maximum Gasteiger partial charge on any atom is 0.335 e. The van der Waals surface area contributed by atoms with E-state index in [-0.39, 0.29) is 22.8 Å². The Bertz CT molecular complexity index is 1460. The molecule has 3 aromatic carbocycles. The van der Waals surface area contributed by atoms with Crippen molar-refractivity contribution in [1.82, 2.24) is 5.32 Å². The topological polar surface area (TPSA) is 119 Å². The summed E-state index contributed by atoms with van der Waals surface area (Å²) in [6.07, 6.45) is 1.64. The van der Waals surface area contributed by atoms with E-state index >= 15 is 0 Å². The molecule has 36 heavy (non-hydrogen) atoms. The summed E-state index contributed by atoms with van der Waals surface area (Å²) in [6, 6.07) is 13.3. The van der Waals surface area contributed by atoms with E-state index in [1.54, 1.807) is 24.3 Å². The number of barbiturate groups is 1. The number of carbonyl (C=O) groups is 3. The summed E-state index contributed by atoms with van der Waals surface area (Å²) in [4.78, 5) is 49.2. The van der Waals surface area contributed by atoms with Crippen molar-refractivity contribution in [2.24, 2.45) is 0 Å². The Morgan fingerprint density at radius 2 is 1.86 bits per heavy atom. The molecule has 1 aliphatic rings. The second-order valence-electron chi connectivity index (χ2n) is 7.73. The average molecular weight is 554 g/mol. The molecule has 9 nitrogen and oxygen atoms in total. The lowest BCUT2D eigenvalue weighted by atomic mass is 10.0. The quantitative estimate of drug-likeness (QED) is 0.203. The zero-order valence-electron chi connectivity index (χ0n) is 18.7. The van der Waals surface area contributed by atoms with Crippen LogP contribution in [0.5, 0.6) is 5.75 Å². The van der Waals surface area contributed by atoms with E-state index in [1.165, 1.54) is 43.5 Å². The molecule has 0 saturated carbocycles. The first kappa shape index (κ1) is 24.7. The van der Waals surface area contributed by atoms with Gasteiger partial charge >= 0.3 is 6.03 Å². The van der Waals surface area contributed by atoms with Gasteiger partial charge in [0.05, 0.1) is 17.7 Å². The monoisotopic (exact) mass is 553 g/mol. The van der Waals surface area contributed by atoms with Gasteiger partial charge in [0.2, 0.25) is 0 Å². The van der Waals surface area contributed by atoms with Crippen molar-refractivity contribution in [3.63, 3.8) is 0 Å². The lowest BCUT2D eigenvalue weighted by Gasteiger charge is -2.26. The minimum Gasteiger partial charge on any atom is -0.496 e. The van der Waals surface area contributed by atoms with Crippen LogP contribution in [0, 0.1) is 15.9 Å². The minimum absolute atomic E-state index is 0.0608. The van der Waals surface area contributed by atoms with Crippen LogP contribution in [0.15, 0.2) is 70.7 Å². The summed E-state index contributed by atoms with van der Waals surface area (Å²) in [5, 5.41) is 13.2. The van der Waals surface area contributed by atoms with Gasteiger partial charge in [0, 0.05) is 28.6 Å². The Balaban J connectivity index is 1.71. The third kappa shape index (κ3) is 5.01. The molecule has 1 aliphatic heterocycles. The zero-order chi connectivity index (χ0) is 26.0. The van der Waals surface area contributed by atoms with Gasteiger partial charge in [-0.1, -0.05) is 34.1 Å². The van der Waals surface area contributed by atoms with Crippen molar-refractivity contribution in [3.05, 3.63) is 103 Å². The van der Waals surface area contributed by atoms with Crippen LogP contribution < -0.4 is 15.0 Å². The number of methoxy groups -OCH3 is 1. The number of hydrogen-bond donors (Lipinski definition) is 1.